The molecule has 1 fully saturated rings. The quantitative estimate of drug-likeness (QED) is 0.848. The molecule has 1 aromatic rings. The van der Waals surface area contributed by atoms with Crippen molar-refractivity contribution in [3.05, 3.63) is 30.1 Å². The number of hydrogen-bond donors (Lipinski definition) is 1. The van der Waals surface area contributed by atoms with Gasteiger partial charge in [0.05, 0.1) is 6.61 Å². The summed E-state index contributed by atoms with van der Waals surface area (Å²) in [6.07, 6.45) is 2.86. The SMILES string of the molecule is Cl.NC1CCN(C(=O)CCCOc2cccc(F)c2)CC1. The van der Waals surface area contributed by atoms with E-state index >= 15 is 0 Å². The van der Waals surface area contributed by atoms with Crippen LogP contribution in [-0.2, 0) is 4.79 Å². The second-order valence-electron chi connectivity index (χ2n) is 5.13. The van der Waals surface area contributed by atoms with Crippen molar-refractivity contribution < 1.29 is 13.9 Å². The summed E-state index contributed by atoms with van der Waals surface area (Å²) in [7, 11) is 0. The number of amides is 1. The van der Waals surface area contributed by atoms with Crippen LogP contribution in [0.3, 0.4) is 0 Å². The molecule has 1 saturated heterocycles. The van der Waals surface area contributed by atoms with E-state index < -0.39 is 0 Å². The van der Waals surface area contributed by atoms with Gasteiger partial charge in [-0.15, -0.1) is 12.4 Å². The van der Waals surface area contributed by atoms with Gasteiger partial charge in [0.2, 0.25) is 5.91 Å². The highest BCUT2D eigenvalue weighted by Gasteiger charge is 2.19. The third-order valence-corrected chi connectivity index (χ3v) is 3.49. The summed E-state index contributed by atoms with van der Waals surface area (Å²) in [5, 5.41) is 0. The Morgan fingerprint density at radius 2 is 2.10 bits per heavy atom. The van der Waals surface area contributed by atoms with Gasteiger partial charge in [-0.25, -0.2) is 4.39 Å². The first-order chi connectivity index (χ1) is 9.65. The van der Waals surface area contributed by atoms with Crippen LogP contribution >= 0.6 is 12.4 Å². The van der Waals surface area contributed by atoms with Crippen molar-refractivity contribution in [1.82, 2.24) is 4.90 Å². The van der Waals surface area contributed by atoms with Gasteiger partial charge in [-0.05, 0) is 31.4 Å². The number of likely N-dealkylation sites (tertiary alicyclic amines) is 1. The Morgan fingerprint density at radius 3 is 2.76 bits per heavy atom. The van der Waals surface area contributed by atoms with Crippen LogP contribution in [0.4, 0.5) is 4.39 Å². The molecular weight excluding hydrogens is 295 g/mol. The van der Waals surface area contributed by atoms with Crippen molar-refractivity contribution in [1.29, 1.82) is 0 Å². The zero-order valence-corrected chi connectivity index (χ0v) is 12.8. The Labute approximate surface area is 130 Å². The first kappa shape index (κ1) is 17.7. The monoisotopic (exact) mass is 316 g/mol. The Bertz CT molecular complexity index is 451. The molecule has 1 aliphatic heterocycles. The molecule has 2 rings (SSSR count). The van der Waals surface area contributed by atoms with Crippen LogP contribution in [-0.4, -0.2) is 36.5 Å². The number of nitrogens with zero attached hydrogens (tertiary/aromatic N) is 1. The van der Waals surface area contributed by atoms with Gasteiger partial charge in [0.25, 0.3) is 0 Å². The van der Waals surface area contributed by atoms with Crippen LogP contribution < -0.4 is 10.5 Å². The molecule has 0 aliphatic carbocycles. The van der Waals surface area contributed by atoms with E-state index in [1.165, 1.54) is 12.1 Å². The van der Waals surface area contributed by atoms with Gasteiger partial charge in [0, 0.05) is 31.6 Å². The lowest BCUT2D eigenvalue weighted by Crippen LogP contribution is -2.42. The molecule has 1 heterocycles. The summed E-state index contributed by atoms with van der Waals surface area (Å²) < 4.78 is 18.3. The molecule has 1 aliphatic rings. The minimum absolute atomic E-state index is 0. The second kappa shape index (κ2) is 8.85. The van der Waals surface area contributed by atoms with E-state index in [0.29, 0.717) is 25.2 Å². The summed E-state index contributed by atoms with van der Waals surface area (Å²) in [6, 6.07) is 6.25. The van der Waals surface area contributed by atoms with Crippen molar-refractivity contribution in [2.45, 2.75) is 31.7 Å². The van der Waals surface area contributed by atoms with E-state index in [1.807, 2.05) is 4.90 Å². The highest BCUT2D eigenvalue weighted by atomic mass is 35.5. The Balaban J connectivity index is 0.00000220. The maximum absolute atomic E-state index is 12.9. The fraction of sp³-hybridized carbons (Fsp3) is 0.533. The molecule has 0 aromatic heterocycles. The molecule has 1 amide bonds. The molecule has 0 bridgehead atoms. The number of ether oxygens (including phenoxy) is 1. The number of carbonyl (C=O) groups excluding carboxylic acids is 1. The highest BCUT2D eigenvalue weighted by Crippen LogP contribution is 2.13. The number of carbonyl (C=O) groups is 1. The van der Waals surface area contributed by atoms with Gasteiger partial charge in [0.15, 0.2) is 0 Å². The average molecular weight is 317 g/mol. The highest BCUT2D eigenvalue weighted by molar-refractivity contribution is 5.85. The minimum atomic E-state index is -0.316. The van der Waals surface area contributed by atoms with Gasteiger partial charge < -0.3 is 15.4 Å². The lowest BCUT2D eigenvalue weighted by molar-refractivity contribution is -0.132. The lowest BCUT2D eigenvalue weighted by Gasteiger charge is -2.30. The van der Waals surface area contributed by atoms with Crippen LogP contribution in [0.15, 0.2) is 24.3 Å². The molecule has 0 atom stereocenters. The molecule has 118 valence electrons. The van der Waals surface area contributed by atoms with Gasteiger partial charge in [-0.3, -0.25) is 4.79 Å². The normalized spacial score (nSPS) is 15.4. The maximum Gasteiger partial charge on any atom is 0.222 e. The van der Waals surface area contributed by atoms with Crippen LogP contribution in [0.5, 0.6) is 5.75 Å². The maximum atomic E-state index is 12.9. The van der Waals surface area contributed by atoms with Crippen molar-refractivity contribution in [3.8, 4) is 5.75 Å². The van der Waals surface area contributed by atoms with Crippen LogP contribution in [0.1, 0.15) is 25.7 Å². The molecule has 4 nitrogen and oxygen atoms in total. The average Bonchev–Trinajstić information content (AvgIpc) is 2.44. The first-order valence-corrected chi connectivity index (χ1v) is 7.07. The topological polar surface area (TPSA) is 55.6 Å². The molecule has 6 heteroatoms. The van der Waals surface area contributed by atoms with E-state index in [4.69, 9.17) is 10.5 Å². The lowest BCUT2D eigenvalue weighted by atomic mass is 10.1. The third-order valence-electron chi connectivity index (χ3n) is 3.49. The largest absolute Gasteiger partial charge is 0.493 e. The first-order valence-electron chi connectivity index (χ1n) is 7.07. The summed E-state index contributed by atoms with van der Waals surface area (Å²) in [5.41, 5.74) is 5.81. The molecule has 0 saturated carbocycles. The fourth-order valence-electron chi connectivity index (χ4n) is 2.28. The number of halogens is 2. The third kappa shape index (κ3) is 5.89. The summed E-state index contributed by atoms with van der Waals surface area (Å²) in [6.45, 7) is 1.93. The van der Waals surface area contributed by atoms with Crippen molar-refractivity contribution in [2.24, 2.45) is 5.73 Å². The van der Waals surface area contributed by atoms with Crippen LogP contribution in [0.25, 0.3) is 0 Å². The molecule has 0 unspecified atom stereocenters. The molecule has 1 aromatic carbocycles. The van der Waals surface area contributed by atoms with Gasteiger partial charge in [-0.2, -0.15) is 0 Å². The number of benzene rings is 1. The van der Waals surface area contributed by atoms with E-state index in [9.17, 15) is 9.18 Å². The van der Waals surface area contributed by atoms with Crippen molar-refractivity contribution in [3.63, 3.8) is 0 Å². The summed E-state index contributed by atoms with van der Waals surface area (Å²) >= 11 is 0. The molecule has 0 radical (unpaired) electrons. The molecule has 0 spiro atoms. The zero-order valence-electron chi connectivity index (χ0n) is 12.0. The Hall–Kier alpha value is -1.33. The van der Waals surface area contributed by atoms with E-state index in [2.05, 4.69) is 0 Å². The van der Waals surface area contributed by atoms with Crippen LogP contribution in [0.2, 0.25) is 0 Å². The van der Waals surface area contributed by atoms with E-state index in [0.717, 1.165) is 25.9 Å². The van der Waals surface area contributed by atoms with Crippen LogP contribution in [0, 0.1) is 5.82 Å². The smallest absolute Gasteiger partial charge is 0.222 e. The minimum Gasteiger partial charge on any atom is -0.493 e. The zero-order chi connectivity index (χ0) is 14.4. The van der Waals surface area contributed by atoms with Gasteiger partial charge >= 0.3 is 0 Å². The Kier molecular flexibility index (Phi) is 7.47. The number of piperidine rings is 1. The molecular formula is C15H22ClFN2O2. The molecule has 21 heavy (non-hydrogen) atoms. The second-order valence-corrected chi connectivity index (χ2v) is 5.13. The van der Waals surface area contributed by atoms with E-state index in [-0.39, 0.29) is 30.2 Å². The van der Waals surface area contributed by atoms with Gasteiger partial charge in [0.1, 0.15) is 11.6 Å². The van der Waals surface area contributed by atoms with Crippen molar-refractivity contribution >= 4 is 18.3 Å². The summed E-state index contributed by atoms with van der Waals surface area (Å²) in [4.78, 5) is 13.8. The van der Waals surface area contributed by atoms with E-state index in [1.54, 1.807) is 12.1 Å². The fourth-order valence-corrected chi connectivity index (χ4v) is 2.28. The van der Waals surface area contributed by atoms with Gasteiger partial charge in [-0.1, -0.05) is 6.07 Å². The summed E-state index contributed by atoms with van der Waals surface area (Å²) in [5.74, 6) is 0.337. The van der Waals surface area contributed by atoms with Crippen molar-refractivity contribution in [2.75, 3.05) is 19.7 Å². The predicted molar refractivity (Wildman–Crippen MR) is 82.2 cm³/mol. The standard InChI is InChI=1S/C15H21FN2O2.ClH/c16-12-3-1-4-14(11-12)20-10-2-5-15(19)18-8-6-13(17)7-9-18;/h1,3-4,11,13H,2,5-10,17H2;1H. The Morgan fingerprint density at radius 1 is 1.38 bits per heavy atom. The number of nitrogens with two attached hydrogens (primary N) is 1. The molecule has 2 N–H and O–H groups in total. The number of hydrogen-bond acceptors (Lipinski definition) is 3. The predicted octanol–water partition coefficient (Wildman–Crippen LogP) is 2.36. The number of rotatable bonds is 5.